The topological polar surface area (TPSA) is 32.3 Å². The molecule has 0 heterocycles. The Morgan fingerprint density at radius 1 is 1.27 bits per heavy atom. The summed E-state index contributed by atoms with van der Waals surface area (Å²) in [6.45, 7) is 10.9. The van der Waals surface area contributed by atoms with Crippen LogP contribution in [-0.2, 0) is 0 Å². The number of aliphatic hydroxyl groups is 1. The Hall–Kier alpha value is -0.0800. The number of aliphatic hydroxyl groups excluding tert-OH is 1. The van der Waals surface area contributed by atoms with E-state index < -0.39 is 0 Å². The van der Waals surface area contributed by atoms with Crippen molar-refractivity contribution < 1.29 is 5.11 Å². The lowest BCUT2D eigenvalue weighted by molar-refractivity contribution is 0.205. The molecular weight excluding hydrogens is 138 g/mol. The van der Waals surface area contributed by atoms with Crippen LogP contribution >= 0.6 is 0 Å². The summed E-state index contributed by atoms with van der Waals surface area (Å²) in [5.74, 6) is 0. The molecule has 2 N–H and O–H groups in total. The summed E-state index contributed by atoms with van der Waals surface area (Å²) in [5.41, 5.74) is 0.267. The third-order valence-electron chi connectivity index (χ3n) is 2.11. The predicted octanol–water partition coefficient (Wildman–Crippen LogP) is 1.39. The average Bonchev–Trinajstić information content (AvgIpc) is 1.85. The second-order valence-electron chi connectivity index (χ2n) is 4.34. The molecule has 0 aliphatic heterocycles. The van der Waals surface area contributed by atoms with Gasteiger partial charge in [-0.25, -0.2) is 0 Å². The SMILES string of the molecule is CC(N[C@H](C)CO)C(C)(C)C. The molecular formula is C9H21NO. The van der Waals surface area contributed by atoms with Crippen molar-refractivity contribution in [2.24, 2.45) is 5.41 Å². The molecule has 2 atom stereocenters. The van der Waals surface area contributed by atoms with Gasteiger partial charge in [-0.2, -0.15) is 0 Å². The lowest BCUT2D eigenvalue weighted by Crippen LogP contribution is -2.44. The smallest absolute Gasteiger partial charge is 0.0582 e. The zero-order valence-electron chi connectivity index (χ0n) is 8.31. The number of rotatable bonds is 3. The van der Waals surface area contributed by atoms with Crippen molar-refractivity contribution in [3.05, 3.63) is 0 Å². The molecule has 0 amide bonds. The summed E-state index contributed by atoms with van der Waals surface area (Å²) in [5, 5.41) is 12.1. The summed E-state index contributed by atoms with van der Waals surface area (Å²) in [4.78, 5) is 0. The normalized spacial score (nSPS) is 18.0. The first-order valence-electron chi connectivity index (χ1n) is 4.25. The zero-order valence-corrected chi connectivity index (χ0v) is 8.31. The van der Waals surface area contributed by atoms with E-state index in [1.165, 1.54) is 0 Å². The molecule has 2 nitrogen and oxygen atoms in total. The standard InChI is InChI=1S/C9H21NO/c1-7(6-11)10-8(2)9(3,4)5/h7-8,10-11H,6H2,1-5H3/t7-,8?/m1/s1. The summed E-state index contributed by atoms with van der Waals surface area (Å²) in [6.07, 6.45) is 0. The molecule has 2 heteroatoms. The number of nitrogens with one attached hydrogen (secondary N) is 1. The molecule has 0 aliphatic carbocycles. The maximum Gasteiger partial charge on any atom is 0.0582 e. The maximum atomic E-state index is 8.79. The van der Waals surface area contributed by atoms with Gasteiger partial charge in [0.1, 0.15) is 0 Å². The van der Waals surface area contributed by atoms with Gasteiger partial charge in [0.05, 0.1) is 6.61 Å². The fraction of sp³-hybridized carbons (Fsp3) is 1.00. The van der Waals surface area contributed by atoms with E-state index in [2.05, 4.69) is 33.0 Å². The van der Waals surface area contributed by atoms with Crippen molar-refractivity contribution in [2.45, 2.75) is 46.7 Å². The molecule has 0 saturated carbocycles. The fourth-order valence-corrected chi connectivity index (χ4v) is 0.729. The van der Waals surface area contributed by atoms with Gasteiger partial charge in [0, 0.05) is 12.1 Å². The van der Waals surface area contributed by atoms with Crippen LogP contribution in [0.15, 0.2) is 0 Å². The maximum absolute atomic E-state index is 8.79. The minimum atomic E-state index is 0.198. The lowest BCUT2D eigenvalue weighted by atomic mass is 9.88. The molecule has 0 aromatic heterocycles. The van der Waals surface area contributed by atoms with Crippen LogP contribution in [0.4, 0.5) is 0 Å². The summed E-state index contributed by atoms with van der Waals surface area (Å²) >= 11 is 0. The van der Waals surface area contributed by atoms with Crippen LogP contribution in [0.1, 0.15) is 34.6 Å². The van der Waals surface area contributed by atoms with Gasteiger partial charge in [-0.3, -0.25) is 0 Å². The Kier molecular flexibility index (Phi) is 4.04. The molecule has 0 aromatic carbocycles. The quantitative estimate of drug-likeness (QED) is 0.652. The number of hydrogen-bond donors (Lipinski definition) is 2. The molecule has 0 aromatic rings. The molecule has 0 saturated heterocycles. The first-order valence-corrected chi connectivity index (χ1v) is 4.25. The van der Waals surface area contributed by atoms with E-state index in [0.29, 0.717) is 6.04 Å². The summed E-state index contributed by atoms with van der Waals surface area (Å²) < 4.78 is 0. The largest absolute Gasteiger partial charge is 0.395 e. The first-order chi connectivity index (χ1) is 4.88. The second kappa shape index (κ2) is 4.07. The highest BCUT2D eigenvalue weighted by atomic mass is 16.3. The Balaban J connectivity index is 3.77. The van der Waals surface area contributed by atoms with Crippen LogP contribution < -0.4 is 5.32 Å². The van der Waals surface area contributed by atoms with Crippen LogP contribution in [0.2, 0.25) is 0 Å². The van der Waals surface area contributed by atoms with Gasteiger partial charge >= 0.3 is 0 Å². The van der Waals surface area contributed by atoms with E-state index in [9.17, 15) is 0 Å². The van der Waals surface area contributed by atoms with E-state index in [1.807, 2.05) is 6.92 Å². The van der Waals surface area contributed by atoms with Crippen molar-refractivity contribution in [3.63, 3.8) is 0 Å². The minimum Gasteiger partial charge on any atom is -0.395 e. The van der Waals surface area contributed by atoms with E-state index in [4.69, 9.17) is 5.11 Å². The summed E-state index contributed by atoms with van der Waals surface area (Å²) in [6, 6.07) is 0.633. The van der Waals surface area contributed by atoms with Gasteiger partial charge in [0.25, 0.3) is 0 Å². The van der Waals surface area contributed by atoms with Crippen molar-refractivity contribution in [2.75, 3.05) is 6.61 Å². The minimum absolute atomic E-state index is 0.198. The van der Waals surface area contributed by atoms with Gasteiger partial charge in [0.2, 0.25) is 0 Å². The molecule has 0 bridgehead atoms. The Morgan fingerprint density at radius 2 is 1.73 bits per heavy atom. The zero-order chi connectivity index (χ0) is 9.07. The lowest BCUT2D eigenvalue weighted by Gasteiger charge is -2.30. The molecule has 1 unspecified atom stereocenters. The van der Waals surface area contributed by atoms with Crippen molar-refractivity contribution in [1.82, 2.24) is 5.32 Å². The van der Waals surface area contributed by atoms with E-state index >= 15 is 0 Å². The first kappa shape index (κ1) is 10.9. The number of hydrogen-bond acceptors (Lipinski definition) is 2. The van der Waals surface area contributed by atoms with E-state index in [0.717, 1.165) is 0 Å². The van der Waals surface area contributed by atoms with E-state index in [1.54, 1.807) is 0 Å². The van der Waals surface area contributed by atoms with Crippen LogP contribution in [-0.4, -0.2) is 23.8 Å². The van der Waals surface area contributed by atoms with Crippen molar-refractivity contribution in [1.29, 1.82) is 0 Å². The molecule has 68 valence electrons. The van der Waals surface area contributed by atoms with E-state index in [-0.39, 0.29) is 18.1 Å². The second-order valence-corrected chi connectivity index (χ2v) is 4.34. The Morgan fingerprint density at radius 3 is 2.00 bits per heavy atom. The highest BCUT2D eigenvalue weighted by Crippen LogP contribution is 2.18. The average molecular weight is 159 g/mol. The monoisotopic (exact) mass is 159 g/mol. The van der Waals surface area contributed by atoms with Crippen molar-refractivity contribution >= 4 is 0 Å². The molecule has 0 fully saturated rings. The van der Waals surface area contributed by atoms with Crippen LogP contribution in [0.5, 0.6) is 0 Å². The molecule has 0 rings (SSSR count). The van der Waals surface area contributed by atoms with Gasteiger partial charge in [-0.1, -0.05) is 20.8 Å². The van der Waals surface area contributed by atoms with Crippen LogP contribution in [0, 0.1) is 5.41 Å². The molecule has 0 radical (unpaired) electrons. The fourth-order valence-electron chi connectivity index (χ4n) is 0.729. The molecule has 11 heavy (non-hydrogen) atoms. The predicted molar refractivity (Wildman–Crippen MR) is 48.6 cm³/mol. The van der Waals surface area contributed by atoms with Crippen LogP contribution in [0.25, 0.3) is 0 Å². The summed E-state index contributed by atoms with van der Waals surface area (Å²) in [7, 11) is 0. The van der Waals surface area contributed by atoms with Crippen LogP contribution in [0.3, 0.4) is 0 Å². The molecule has 0 aliphatic rings. The molecule has 0 spiro atoms. The Bertz CT molecular complexity index is 107. The van der Waals surface area contributed by atoms with Gasteiger partial charge < -0.3 is 10.4 Å². The highest BCUT2D eigenvalue weighted by molar-refractivity contribution is 4.78. The third kappa shape index (κ3) is 4.38. The third-order valence-corrected chi connectivity index (χ3v) is 2.11. The van der Waals surface area contributed by atoms with Gasteiger partial charge in [-0.15, -0.1) is 0 Å². The Labute approximate surface area is 70.0 Å². The van der Waals surface area contributed by atoms with Gasteiger partial charge in [0.15, 0.2) is 0 Å². The highest BCUT2D eigenvalue weighted by Gasteiger charge is 2.20. The van der Waals surface area contributed by atoms with Crippen molar-refractivity contribution in [3.8, 4) is 0 Å². The van der Waals surface area contributed by atoms with Gasteiger partial charge in [-0.05, 0) is 19.3 Å².